The minimum atomic E-state index is -0.346. The van der Waals surface area contributed by atoms with E-state index in [1.54, 1.807) is 0 Å². The van der Waals surface area contributed by atoms with Crippen molar-refractivity contribution in [3.05, 3.63) is 30.3 Å². The Morgan fingerprint density at radius 1 is 1.03 bits per heavy atom. The van der Waals surface area contributed by atoms with E-state index in [9.17, 15) is 9.59 Å². The fourth-order valence-corrected chi connectivity index (χ4v) is 4.75. The molecule has 0 aromatic heterocycles. The van der Waals surface area contributed by atoms with Crippen LogP contribution >= 0.6 is 0 Å². The highest BCUT2D eigenvalue weighted by atomic mass is 16.5. The van der Waals surface area contributed by atoms with Crippen LogP contribution < -0.4 is 4.74 Å². The molecule has 0 aliphatic carbocycles. The van der Waals surface area contributed by atoms with Crippen LogP contribution in [0.15, 0.2) is 30.3 Å². The van der Waals surface area contributed by atoms with Gasteiger partial charge in [-0.1, -0.05) is 18.2 Å². The fourth-order valence-electron chi connectivity index (χ4n) is 4.75. The number of rotatable bonds is 8. The molecule has 0 radical (unpaired) electrons. The summed E-state index contributed by atoms with van der Waals surface area (Å²) in [5, 5.41) is 0. The van der Waals surface area contributed by atoms with Crippen molar-refractivity contribution in [2.75, 3.05) is 65.6 Å². The maximum Gasteiger partial charge on any atom is 0.230 e. The van der Waals surface area contributed by atoms with Crippen LogP contribution in [-0.2, 0) is 14.3 Å². The second-order valence-corrected chi connectivity index (χ2v) is 8.61. The maximum atomic E-state index is 13.1. The van der Waals surface area contributed by atoms with Gasteiger partial charge in [-0.15, -0.1) is 0 Å². The van der Waals surface area contributed by atoms with Gasteiger partial charge in [0, 0.05) is 52.2 Å². The SMILES string of the molecule is O=C(CCCOc1ccccc1)N1CCC2(CCN(CCN3CCOCC3)C2=O)C1. The quantitative estimate of drug-likeness (QED) is 0.604. The van der Waals surface area contributed by atoms with Gasteiger partial charge in [-0.25, -0.2) is 0 Å². The minimum absolute atomic E-state index is 0.142. The molecule has 7 nitrogen and oxygen atoms in total. The van der Waals surface area contributed by atoms with E-state index in [-0.39, 0.29) is 17.2 Å². The Balaban J connectivity index is 1.19. The van der Waals surface area contributed by atoms with Gasteiger partial charge < -0.3 is 19.3 Å². The van der Waals surface area contributed by atoms with Crippen molar-refractivity contribution in [1.29, 1.82) is 0 Å². The molecular formula is C23H33N3O4. The molecule has 164 valence electrons. The number of ether oxygens (including phenoxy) is 2. The molecular weight excluding hydrogens is 382 g/mol. The van der Waals surface area contributed by atoms with Gasteiger partial charge in [0.15, 0.2) is 0 Å². The van der Waals surface area contributed by atoms with E-state index in [1.165, 1.54) is 0 Å². The lowest BCUT2D eigenvalue weighted by atomic mass is 9.85. The zero-order valence-electron chi connectivity index (χ0n) is 17.8. The number of para-hydroxylation sites is 1. The van der Waals surface area contributed by atoms with Gasteiger partial charge in [0.25, 0.3) is 0 Å². The first kappa shape index (κ1) is 21.1. The third-order valence-electron chi connectivity index (χ3n) is 6.64. The van der Waals surface area contributed by atoms with E-state index in [1.807, 2.05) is 40.1 Å². The number of hydrogen-bond acceptors (Lipinski definition) is 5. The van der Waals surface area contributed by atoms with Crippen LogP contribution in [0.2, 0.25) is 0 Å². The Hall–Kier alpha value is -2.12. The van der Waals surface area contributed by atoms with Crippen molar-refractivity contribution in [1.82, 2.24) is 14.7 Å². The largest absolute Gasteiger partial charge is 0.494 e. The van der Waals surface area contributed by atoms with Crippen molar-refractivity contribution in [3.63, 3.8) is 0 Å². The summed E-state index contributed by atoms with van der Waals surface area (Å²) in [5.41, 5.74) is -0.346. The number of amides is 2. The lowest BCUT2D eigenvalue weighted by Crippen LogP contribution is -2.43. The van der Waals surface area contributed by atoms with Gasteiger partial charge >= 0.3 is 0 Å². The molecule has 30 heavy (non-hydrogen) atoms. The molecule has 1 spiro atoms. The Kier molecular flexibility index (Phi) is 6.89. The number of morpholine rings is 1. The molecule has 3 aliphatic rings. The molecule has 3 heterocycles. The first-order chi connectivity index (χ1) is 14.7. The van der Waals surface area contributed by atoms with Crippen molar-refractivity contribution in [3.8, 4) is 5.75 Å². The zero-order valence-corrected chi connectivity index (χ0v) is 17.8. The van der Waals surface area contributed by atoms with Gasteiger partial charge in [0.05, 0.1) is 25.2 Å². The highest BCUT2D eigenvalue weighted by Crippen LogP contribution is 2.40. The van der Waals surface area contributed by atoms with Crippen LogP contribution in [0.5, 0.6) is 5.75 Å². The molecule has 2 amide bonds. The summed E-state index contributed by atoms with van der Waals surface area (Å²) in [6, 6.07) is 9.67. The maximum absolute atomic E-state index is 13.1. The Morgan fingerprint density at radius 2 is 1.80 bits per heavy atom. The topological polar surface area (TPSA) is 62.3 Å². The van der Waals surface area contributed by atoms with Crippen molar-refractivity contribution >= 4 is 11.8 Å². The summed E-state index contributed by atoms with van der Waals surface area (Å²) in [6.45, 7) is 7.78. The third kappa shape index (κ3) is 4.95. The van der Waals surface area contributed by atoms with E-state index in [2.05, 4.69) is 4.90 Å². The monoisotopic (exact) mass is 415 g/mol. The number of likely N-dealkylation sites (tertiary alicyclic amines) is 2. The number of carbonyl (C=O) groups excluding carboxylic acids is 2. The van der Waals surface area contributed by atoms with Gasteiger partial charge in [-0.2, -0.15) is 0 Å². The molecule has 3 saturated heterocycles. The molecule has 3 fully saturated rings. The number of benzene rings is 1. The van der Waals surface area contributed by atoms with Crippen LogP contribution in [0.4, 0.5) is 0 Å². The van der Waals surface area contributed by atoms with Crippen molar-refractivity contribution < 1.29 is 19.1 Å². The summed E-state index contributed by atoms with van der Waals surface area (Å²) >= 11 is 0. The normalized spacial score (nSPS) is 24.7. The Bertz CT molecular complexity index is 722. The fraction of sp³-hybridized carbons (Fsp3) is 0.652. The van der Waals surface area contributed by atoms with Crippen LogP contribution in [0.1, 0.15) is 25.7 Å². The minimum Gasteiger partial charge on any atom is -0.494 e. The van der Waals surface area contributed by atoms with Crippen molar-refractivity contribution in [2.24, 2.45) is 5.41 Å². The van der Waals surface area contributed by atoms with Gasteiger partial charge in [-0.3, -0.25) is 14.5 Å². The molecule has 0 saturated carbocycles. The lowest BCUT2D eigenvalue weighted by Gasteiger charge is -2.29. The molecule has 7 heteroatoms. The number of nitrogens with zero attached hydrogens (tertiary/aromatic N) is 3. The average molecular weight is 416 g/mol. The molecule has 1 unspecified atom stereocenters. The van der Waals surface area contributed by atoms with E-state index in [0.29, 0.717) is 32.5 Å². The highest BCUT2D eigenvalue weighted by molar-refractivity contribution is 5.87. The average Bonchev–Trinajstić information content (AvgIpc) is 3.36. The molecule has 3 aliphatic heterocycles. The number of carbonyl (C=O) groups is 2. The van der Waals surface area contributed by atoms with Crippen LogP contribution in [0, 0.1) is 5.41 Å². The van der Waals surface area contributed by atoms with E-state index >= 15 is 0 Å². The first-order valence-corrected chi connectivity index (χ1v) is 11.2. The standard InChI is InChI=1S/C23H33N3O4/c27-21(7-4-16-30-20-5-2-1-3-6-20)26-11-9-23(19-26)8-10-25(22(23)28)13-12-24-14-17-29-18-15-24/h1-3,5-6H,4,7-19H2. The summed E-state index contributed by atoms with van der Waals surface area (Å²) in [6.07, 6.45) is 2.83. The smallest absolute Gasteiger partial charge is 0.230 e. The molecule has 0 bridgehead atoms. The van der Waals surface area contributed by atoms with E-state index in [4.69, 9.17) is 9.47 Å². The Morgan fingerprint density at radius 3 is 2.60 bits per heavy atom. The van der Waals surface area contributed by atoms with Crippen LogP contribution in [0.3, 0.4) is 0 Å². The van der Waals surface area contributed by atoms with Crippen molar-refractivity contribution in [2.45, 2.75) is 25.7 Å². The molecule has 1 atom stereocenters. The lowest BCUT2D eigenvalue weighted by molar-refractivity contribution is -0.136. The summed E-state index contributed by atoms with van der Waals surface area (Å²) in [5.74, 6) is 1.22. The predicted octanol–water partition coefficient (Wildman–Crippen LogP) is 1.63. The molecule has 4 rings (SSSR count). The number of hydrogen-bond donors (Lipinski definition) is 0. The van der Waals surface area contributed by atoms with E-state index in [0.717, 1.165) is 64.5 Å². The second kappa shape index (κ2) is 9.79. The first-order valence-electron chi connectivity index (χ1n) is 11.2. The zero-order chi connectivity index (χ0) is 20.8. The summed E-state index contributed by atoms with van der Waals surface area (Å²) in [7, 11) is 0. The van der Waals surface area contributed by atoms with Crippen LogP contribution in [0.25, 0.3) is 0 Å². The summed E-state index contributed by atoms with van der Waals surface area (Å²) in [4.78, 5) is 32.0. The van der Waals surface area contributed by atoms with Crippen LogP contribution in [-0.4, -0.2) is 92.1 Å². The molecule has 1 aromatic rings. The van der Waals surface area contributed by atoms with Gasteiger partial charge in [0.1, 0.15) is 5.75 Å². The third-order valence-corrected chi connectivity index (χ3v) is 6.64. The molecule has 0 N–H and O–H groups in total. The van der Waals surface area contributed by atoms with E-state index < -0.39 is 0 Å². The second-order valence-electron chi connectivity index (χ2n) is 8.61. The highest BCUT2D eigenvalue weighted by Gasteiger charge is 2.51. The molecule has 1 aromatic carbocycles. The van der Waals surface area contributed by atoms with Gasteiger partial charge in [-0.05, 0) is 31.4 Å². The predicted molar refractivity (Wildman–Crippen MR) is 113 cm³/mol. The van der Waals surface area contributed by atoms with Gasteiger partial charge in [0.2, 0.25) is 11.8 Å². The summed E-state index contributed by atoms with van der Waals surface area (Å²) < 4.78 is 11.1. The Labute approximate surface area is 178 Å².